The molecule has 0 amide bonds. The van der Waals surface area contributed by atoms with Gasteiger partial charge in [-0.1, -0.05) is 31.0 Å². The second kappa shape index (κ2) is 7.74. The molecule has 0 radical (unpaired) electrons. The quantitative estimate of drug-likeness (QED) is 0.822. The predicted molar refractivity (Wildman–Crippen MR) is 88.5 cm³/mol. The molecule has 1 saturated carbocycles. The number of Topliss-reactive ketones (excluding diaryl/α,β-unsaturated/α-hetero) is 1. The Morgan fingerprint density at radius 1 is 1.19 bits per heavy atom. The van der Waals surface area contributed by atoms with Crippen molar-refractivity contribution in [1.82, 2.24) is 0 Å². The van der Waals surface area contributed by atoms with Gasteiger partial charge in [0.25, 0.3) is 0 Å². The zero-order chi connectivity index (χ0) is 15.2. The van der Waals surface area contributed by atoms with Crippen LogP contribution in [0.4, 0.5) is 0 Å². The number of ketones is 1. The van der Waals surface area contributed by atoms with E-state index in [1.54, 1.807) is 5.56 Å². The van der Waals surface area contributed by atoms with E-state index in [0.29, 0.717) is 12.3 Å². The van der Waals surface area contributed by atoms with E-state index in [-0.39, 0.29) is 12.3 Å². The van der Waals surface area contributed by atoms with Crippen molar-refractivity contribution in [3.63, 3.8) is 0 Å². The van der Waals surface area contributed by atoms with Crippen molar-refractivity contribution in [2.45, 2.75) is 64.7 Å². The van der Waals surface area contributed by atoms with Crippen LogP contribution in [0.3, 0.4) is 0 Å². The fourth-order valence-electron chi connectivity index (χ4n) is 3.66. The summed E-state index contributed by atoms with van der Waals surface area (Å²) in [5.74, 6) is 1.64. The van der Waals surface area contributed by atoms with Gasteiger partial charge in [-0.25, -0.2) is 0 Å². The molecule has 21 heavy (non-hydrogen) atoms. The molecule has 1 aliphatic carbocycles. The van der Waals surface area contributed by atoms with E-state index < -0.39 is 0 Å². The number of aryl methyl sites for hydroxylation is 1. The summed E-state index contributed by atoms with van der Waals surface area (Å²) in [6.45, 7) is 4.67. The molecule has 0 heterocycles. The van der Waals surface area contributed by atoms with Crippen LogP contribution in [0.5, 0.6) is 0 Å². The highest BCUT2D eigenvalue weighted by atomic mass is 16.1. The Balaban J connectivity index is 1.94. The van der Waals surface area contributed by atoms with Crippen molar-refractivity contribution in [1.29, 1.82) is 0 Å². The summed E-state index contributed by atoms with van der Waals surface area (Å²) >= 11 is 0. The maximum atomic E-state index is 11.4. The fraction of sp³-hybridized carbons (Fsp3) is 0.632. The van der Waals surface area contributed by atoms with Crippen LogP contribution >= 0.6 is 0 Å². The summed E-state index contributed by atoms with van der Waals surface area (Å²) in [5.41, 5.74) is 9.82. The van der Waals surface area contributed by atoms with Gasteiger partial charge in [0.15, 0.2) is 0 Å². The maximum absolute atomic E-state index is 11.4. The first-order valence-corrected chi connectivity index (χ1v) is 8.39. The minimum Gasteiger partial charge on any atom is -0.324 e. The van der Waals surface area contributed by atoms with Crippen molar-refractivity contribution in [3.8, 4) is 0 Å². The highest BCUT2D eigenvalue weighted by molar-refractivity contribution is 5.80. The van der Waals surface area contributed by atoms with Gasteiger partial charge in [0.2, 0.25) is 0 Å². The number of nitrogens with two attached hydrogens (primary N) is 1. The average molecular weight is 287 g/mol. The standard InChI is InChI=1S/C19H29NO/c1-14-5-3-8-19(15(14)2)17-7-4-6-16(9-11-17)10-12-18(21)13-20/h3,5,8,16-17H,4,6-7,9-13,20H2,1-2H3. The maximum Gasteiger partial charge on any atom is 0.146 e. The van der Waals surface area contributed by atoms with Crippen molar-refractivity contribution < 1.29 is 4.79 Å². The summed E-state index contributed by atoms with van der Waals surface area (Å²) in [5, 5.41) is 0. The van der Waals surface area contributed by atoms with E-state index in [1.807, 2.05) is 0 Å². The van der Waals surface area contributed by atoms with Gasteiger partial charge in [0.1, 0.15) is 5.78 Å². The number of carbonyl (C=O) groups is 1. The monoisotopic (exact) mass is 287 g/mol. The van der Waals surface area contributed by atoms with E-state index in [1.165, 1.54) is 43.2 Å². The molecular weight excluding hydrogens is 258 g/mol. The molecule has 0 aromatic heterocycles. The lowest BCUT2D eigenvalue weighted by molar-refractivity contribution is -0.118. The van der Waals surface area contributed by atoms with Gasteiger partial charge < -0.3 is 5.73 Å². The van der Waals surface area contributed by atoms with Crippen LogP contribution in [-0.4, -0.2) is 12.3 Å². The first kappa shape index (κ1) is 16.2. The lowest BCUT2D eigenvalue weighted by Gasteiger charge is -2.19. The van der Waals surface area contributed by atoms with Crippen LogP contribution < -0.4 is 5.73 Å². The average Bonchev–Trinajstić information content (AvgIpc) is 2.73. The molecule has 2 nitrogen and oxygen atoms in total. The number of carbonyl (C=O) groups excluding carboxylic acids is 1. The highest BCUT2D eigenvalue weighted by Gasteiger charge is 2.21. The van der Waals surface area contributed by atoms with E-state index in [0.717, 1.165) is 12.3 Å². The van der Waals surface area contributed by atoms with Crippen molar-refractivity contribution in [2.24, 2.45) is 11.7 Å². The third kappa shape index (κ3) is 4.41. The zero-order valence-corrected chi connectivity index (χ0v) is 13.5. The third-order valence-corrected chi connectivity index (χ3v) is 5.23. The van der Waals surface area contributed by atoms with Crippen LogP contribution in [0.2, 0.25) is 0 Å². The second-order valence-electron chi connectivity index (χ2n) is 6.64. The van der Waals surface area contributed by atoms with Gasteiger partial charge in [-0.3, -0.25) is 4.79 Å². The Labute approximate surface area is 129 Å². The Kier molecular flexibility index (Phi) is 5.98. The van der Waals surface area contributed by atoms with Gasteiger partial charge in [0.05, 0.1) is 6.54 Å². The minimum atomic E-state index is 0.206. The van der Waals surface area contributed by atoms with E-state index in [4.69, 9.17) is 5.73 Å². The van der Waals surface area contributed by atoms with Gasteiger partial charge in [-0.2, -0.15) is 0 Å². The lowest BCUT2D eigenvalue weighted by Crippen LogP contribution is -2.14. The topological polar surface area (TPSA) is 43.1 Å². The molecule has 2 N–H and O–H groups in total. The van der Waals surface area contributed by atoms with Crippen molar-refractivity contribution in [2.75, 3.05) is 6.54 Å². The third-order valence-electron chi connectivity index (χ3n) is 5.23. The van der Waals surface area contributed by atoms with Crippen LogP contribution in [0, 0.1) is 19.8 Å². The number of hydrogen-bond acceptors (Lipinski definition) is 2. The first-order valence-electron chi connectivity index (χ1n) is 8.39. The summed E-state index contributed by atoms with van der Waals surface area (Å²) in [7, 11) is 0. The van der Waals surface area contributed by atoms with E-state index in [9.17, 15) is 4.79 Å². The number of benzene rings is 1. The van der Waals surface area contributed by atoms with Gasteiger partial charge in [-0.05, 0) is 68.1 Å². The van der Waals surface area contributed by atoms with Crippen LogP contribution in [-0.2, 0) is 4.79 Å². The Hall–Kier alpha value is -1.15. The SMILES string of the molecule is Cc1cccc(C2CCCC(CCC(=O)CN)CC2)c1C. The number of hydrogen-bond donors (Lipinski definition) is 1. The molecule has 0 spiro atoms. The smallest absolute Gasteiger partial charge is 0.146 e. The summed E-state index contributed by atoms with van der Waals surface area (Å²) in [6, 6.07) is 6.71. The molecule has 1 aliphatic rings. The molecule has 1 aromatic carbocycles. The van der Waals surface area contributed by atoms with E-state index >= 15 is 0 Å². The molecule has 116 valence electrons. The largest absolute Gasteiger partial charge is 0.324 e. The molecular formula is C19H29NO. The molecule has 0 aliphatic heterocycles. The summed E-state index contributed by atoms with van der Waals surface area (Å²) in [4.78, 5) is 11.4. The highest BCUT2D eigenvalue weighted by Crippen LogP contribution is 2.37. The summed E-state index contributed by atoms with van der Waals surface area (Å²) in [6.07, 6.45) is 8.11. The van der Waals surface area contributed by atoms with Crippen LogP contribution in [0.25, 0.3) is 0 Å². The molecule has 2 unspecified atom stereocenters. The van der Waals surface area contributed by atoms with Crippen molar-refractivity contribution >= 4 is 5.78 Å². The molecule has 0 bridgehead atoms. The van der Waals surface area contributed by atoms with Gasteiger partial charge >= 0.3 is 0 Å². The molecule has 2 rings (SSSR count). The van der Waals surface area contributed by atoms with Crippen molar-refractivity contribution in [3.05, 3.63) is 34.9 Å². The molecule has 1 fully saturated rings. The molecule has 0 saturated heterocycles. The normalized spacial score (nSPS) is 22.8. The molecule has 1 aromatic rings. The van der Waals surface area contributed by atoms with Crippen LogP contribution in [0.1, 0.15) is 67.6 Å². The summed E-state index contributed by atoms with van der Waals surface area (Å²) < 4.78 is 0. The molecule has 2 heteroatoms. The number of rotatable bonds is 5. The molecule has 2 atom stereocenters. The Bertz CT molecular complexity index is 480. The van der Waals surface area contributed by atoms with Crippen LogP contribution in [0.15, 0.2) is 18.2 Å². The van der Waals surface area contributed by atoms with E-state index in [2.05, 4.69) is 32.0 Å². The fourth-order valence-corrected chi connectivity index (χ4v) is 3.66. The first-order chi connectivity index (χ1) is 10.1. The lowest BCUT2D eigenvalue weighted by atomic mass is 9.86. The predicted octanol–water partition coefficient (Wildman–Crippen LogP) is 4.28. The van der Waals surface area contributed by atoms with Gasteiger partial charge in [-0.15, -0.1) is 0 Å². The second-order valence-corrected chi connectivity index (χ2v) is 6.64. The Morgan fingerprint density at radius 3 is 2.76 bits per heavy atom. The Morgan fingerprint density at radius 2 is 2.00 bits per heavy atom. The minimum absolute atomic E-state index is 0.206. The van der Waals surface area contributed by atoms with Gasteiger partial charge in [0, 0.05) is 6.42 Å². The zero-order valence-electron chi connectivity index (χ0n) is 13.5.